The monoisotopic (exact) mass is 383 g/mol. The van der Waals surface area contributed by atoms with Gasteiger partial charge in [-0.15, -0.1) is 0 Å². The molecule has 106 valence electrons. The largest absolute Gasteiger partial charge is 0.465 e. The number of ether oxygens (including phenoxy) is 1. The van der Waals surface area contributed by atoms with Gasteiger partial charge in [0.25, 0.3) is 0 Å². The van der Waals surface area contributed by atoms with E-state index in [-0.39, 0.29) is 4.43 Å². The van der Waals surface area contributed by atoms with Crippen LogP contribution in [0.25, 0.3) is 0 Å². The highest BCUT2D eigenvalue weighted by molar-refractivity contribution is 14.1. The third kappa shape index (κ3) is 5.38. The molecule has 0 saturated heterocycles. The molecule has 0 aliphatic heterocycles. The Bertz CT molecular complexity index is 319. The van der Waals surface area contributed by atoms with Gasteiger partial charge in [-0.3, -0.25) is 4.79 Å². The molecule has 0 spiro atoms. The molecule has 0 aromatic carbocycles. The smallest absolute Gasteiger partial charge is 0.416 e. The maximum atomic E-state index is 12.5. The van der Waals surface area contributed by atoms with Crippen molar-refractivity contribution in [3.63, 3.8) is 0 Å². The fourth-order valence-electron chi connectivity index (χ4n) is 0.831. The molecule has 0 aliphatic carbocycles. The first-order valence-corrected chi connectivity index (χ1v) is 6.32. The standard InChI is InChI=1S/C9H13F3INO4/c1-8(2,9(10,11)12)18-4-5(6(15)3-13)14-7(16)17/h5,14H,3-4H2,1-2H3,(H,16,17). The SMILES string of the molecule is CC(C)(OCC(NC(=O)O)C(=O)CI)C(F)(F)F. The van der Waals surface area contributed by atoms with Gasteiger partial charge >= 0.3 is 12.3 Å². The van der Waals surface area contributed by atoms with E-state index in [2.05, 4.69) is 4.74 Å². The van der Waals surface area contributed by atoms with Crippen molar-refractivity contribution in [2.24, 2.45) is 0 Å². The van der Waals surface area contributed by atoms with Crippen LogP contribution in [0.15, 0.2) is 0 Å². The molecule has 5 nitrogen and oxygen atoms in total. The van der Waals surface area contributed by atoms with Crippen LogP contribution in [0, 0.1) is 0 Å². The molecule has 9 heteroatoms. The highest BCUT2D eigenvalue weighted by Gasteiger charge is 2.49. The zero-order valence-electron chi connectivity index (χ0n) is 9.68. The van der Waals surface area contributed by atoms with E-state index in [1.165, 1.54) is 0 Å². The molecule has 0 aromatic heterocycles. The number of hydrogen-bond acceptors (Lipinski definition) is 3. The Morgan fingerprint density at radius 1 is 1.39 bits per heavy atom. The zero-order chi connectivity index (χ0) is 14.6. The van der Waals surface area contributed by atoms with Crippen molar-refractivity contribution in [1.82, 2.24) is 5.32 Å². The van der Waals surface area contributed by atoms with Gasteiger partial charge in [0, 0.05) is 0 Å². The molecule has 0 bridgehead atoms. The van der Waals surface area contributed by atoms with Gasteiger partial charge in [-0.25, -0.2) is 4.79 Å². The van der Waals surface area contributed by atoms with Gasteiger partial charge in [0.15, 0.2) is 11.4 Å². The summed E-state index contributed by atoms with van der Waals surface area (Å²) in [6.45, 7) is 0.944. The van der Waals surface area contributed by atoms with Crippen LogP contribution in [0.2, 0.25) is 0 Å². The maximum absolute atomic E-state index is 12.5. The zero-order valence-corrected chi connectivity index (χ0v) is 11.8. The van der Waals surface area contributed by atoms with Crippen LogP contribution in [-0.4, -0.2) is 45.8 Å². The number of carbonyl (C=O) groups excluding carboxylic acids is 1. The Kier molecular flexibility index (Phi) is 6.34. The van der Waals surface area contributed by atoms with E-state index in [1.807, 2.05) is 5.32 Å². The molecule has 0 aromatic rings. The molecular weight excluding hydrogens is 370 g/mol. The van der Waals surface area contributed by atoms with Gasteiger partial charge < -0.3 is 15.2 Å². The summed E-state index contributed by atoms with van der Waals surface area (Å²) in [5.41, 5.74) is -2.45. The maximum Gasteiger partial charge on any atom is 0.416 e. The van der Waals surface area contributed by atoms with Gasteiger partial charge in [0.1, 0.15) is 6.04 Å². The van der Waals surface area contributed by atoms with Crippen LogP contribution < -0.4 is 5.32 Å². The first kappa shape index (κ1) is 17.4. The molecule has 0 rings (SSSR count). The lowest BCUT2D eigenvalue weighted by atomic mass is 10.1. The van der Waals surface area contributed by atoms with Crippen LogP contribution in [0.3, 0.4) is 0 Å². The van der Waals surface area contributed by atoms with Crippen molar-refractivity contribution in [3.05, 3.63) is 0 Å². The molecule has 0 radical (unpaired) electrons. The second-order valence-electron chi connectivity index (χ2n) is 3.92. The summed E-state index contributed by atoms with van der Waals surface area (Å²) in [7, 11) is 0. The normalized spacial score (nSPS) is 14.1. The summed E-state index contributed by atoms with van der Waals surface area (Å²) in [5.74, 6) is -0.545. The first-order valence-electron chi connectivity index (χ1n) is 4.80. The molecule has 0 fully saturated rings. The highest BCUT2D eigenvalue weighted by atomic mass is 127. The Labute approximate surface area is 115 Å². The lowest BCUT2D eigenvalue weighted by Crippen LogP contribution is -2.49. The number of hydrogen-bond donors (Lipinski definition) is 2. The van der Waals surface area contributed by atoms with Crippen LogP contribution in [0.4, 0.5) is 18.0 Å². The fraction of sp³-hybridized carbons (Fsp3) is 0.778. The predicted octanol–water partition coefficient (Wildman–Crippen LogP) is 1.98. The van der Waals surface area contributed by atoms with Gasteiger partial charge in [0.2, 0.25) is 0 Å². The minimum Gasteiger partial charge on any atom is -0.465 e. The van der Waals surface area contributed by atoms with Crippen LogP contribution in [0.5, 0.6) is 0 Å². The highest BCUT2D eigenvalue weighted by Crippen LogP contribution is 2.32. The summed E-state index contributed by atoms with van der Waals surface area (Å²) >= 11 is 1.69. The molecule has 0 heterocycles. The average Bonchev–Trinajstić information content (AvgIpc) is 2.21. The number of alkyl halides is 4. The lowest BCUT2D eigenvalue weighted by Gasteiger charge is -2.29. The molecule has 0 saturated carbocycles. The van der Waals surface area contributed by atoms with Gasteiger partial charge in [-0.05, 0) is 13.8 Å². The number of carboxylic acid groups (broad SMARTS) is 1. The molecule has 1 unspecified atom stereocenters. The molecule has 0 aliphatic rings. The van der Waals surface area contributed by atoms with Crippen LogP contribution in [0.1, 0.15) is 13.8 Å². The number of amides is 1. The third-order valence-corrected chi connectivity index (χ3v) is 2.86. The van der Waals surface area contributed by atoms with E-state index in [4.69, 9.17) is 5.11 Å². The van der Waals surface area contributed by atoms with E-state index in [0.29, 0.717) is 0 Å². The summed E-state index contributed by atoms with van der Waals surface area (Å²) in [4.78, 5) is 21.7. The van der Waals surface area contributed by atoms with Crippen molar-refractivity contribution in [2.45, 2.75) is 31.7 Å². The predicted molar refractivity (Wildman–Crippen MR) is 64.9 cm³/mol. The van der Waals surface area contributed by atoms with E-state index in [9.17, 15) is 22.8 Å². The van der Waals surface area contributed by atoms with Gasteiger partial charge in [-0.2, -0.15) is 13.2 Å². The Morgan fingerprint density at radius 3 is 2.22 bits per heavy atom. The molecule has 18 heavy (non-hydrogen) atoms. The number of nitrogens with one attached hydrogen (secondary N) is 1. The summed E-state index contributed by atoms with van der Waals surface area (Å²) < 4.78 is 42.0. The summed E-state index contributed by atoms with van der Waals surface area (Å²) in [5, 5.41) is 10.3. The third-order valence-electron chi connectivity index (χ3n) is 2.11. The number of rotatable bonds is 6. The Morgan fingerprint density at radius 2 is 1.89 bits per heavy atom. The van der Waals surface area contributed by atoms with E-state index in [0.717, 1.165) is 13.8 Å². The van der Waals surface area contributed by atoms with Gasteiger partial charge in [-0.1, -0.05) is 22.6 Å². The Balaban J connectivity index is 4.62. The Hall–Kier alpha value is -0.580. The lowest BCUT2D eigenvalue weighted by molar-refractivity contribution is -0.264. The average molecular weight is 383 g/mol. The quantitative estimate of drug-likeness (QED) is 0.544. The first-order chi connectivity index (χ1) is 8.01. The molecule has 1 amide bonds. The number of carbonyl (C=O) groups is 2. The van der Waals surface area contributed by atoms with E-state index >= 15 is 0 Å². The molecular formula is C9H13F3INO4. The summed E-state index contributed by atoms with van der Waals surface area (Å²) in [6, 6.07) is -1.30. The summed E-state index contributed by atoms with van der Waals surface area (Å²) in [6.07, 6.45) is -6.10. The minimum absolute atomic E-state index is 0.0293. The second kappa shape index (κ2) is 6.55. The van der Waals surface area contributed by atoms with Crippen molar-refractivity contribution < 1.29 is 32.6 Å². The number of Topliss-reactive ketones (excluding diaryl/α,β-unsaturated/α-hetero) is 1. The minimum atomic E-state index is -4.60. The van der Waals surface area contributed by atoms with Crippen molar-refractivity contribution >= 4 is 34.5 Å². The van der Waals surface area contributed by atoms with E-state index in [1.54, 1.807) is 22.6 Å². The second-order valence-corrected chi connectivity index (χ2v) is 4.68. The van der Waals surface area contributed by atoms with Gasteiger partial charge in [0.05, 0.1) is 11.0 Å². The topological polar surface area (TPSA) is 75.6 Å². The fourth-order valence-corrected chi connectivity index (χ4v) is 1.36. The van der Waals surface area contributed by atoms with Crippen molar-refractivity contribution in [1.29, 1.82) is 0 Å². The van der Waals surface area contributed by atoms with Crippen molar-refractivity contribution in [2.75, 3.05) is 11.0 Å². The number of halogens is 4. The molecule has 1 atom stereocenters. The molecule has 2 N–H and O–H groups in total. The van der Waals surface area contributed by atoms with Crippen molar-refractivity contribution in [3.8, 4) is 0 Å². The van der Waals surface area contributed by atoms with E-state index < -0.39 is 36.3 Å². The number of ketones is 1. The van der Waals surface area contributed by atoms with Crippen LogP contribution >= 0.6 is 22.6 Å². The van der Waals surface area contributed by atoms with Crippen LogP contribution in [-0.2, 0) is 9.53 Å².